The number of rotatable bonds is 5. The Morgan fingerprint density at radius 1 is 1.17 bits per heavy atom. The molecule has 0 aromatic heterocycles. The van der Waals surface area contributed by atoms with Crippen molar-refractivity contribution in [3.05, 3.63) is 35.9 Å². The van der Waals surface area contributed by atoms with Crippen LogP contribution in [0.15, 0.2) is 30.3 Å². The average Bonchev–Trinajstić information content (AvgIpc) is 2.61. The van der Waals surface area contributed by atoms with Gasteiger partial charge in [0.2, 0.25) is 15.9 Å². The third-order valence-electron chi connectivity index (χ3n) is 4.81. The number of piperidine rings is 1. The van der Waals surface area contributed by atoms with E-state index in [1.54, 1.807) is 4.31 Å². The van der Waals surface area contributed by atoms with E-state index in [1.807, 2.05) is 35.2 Å². The van der Waals surface area contributed by atoms with Crippen molar-refractivity contribution in [3.8, 4) is 0 Å². The van der Waals surface area contributed by atoms with Crippen molar-refractivity contribution in [3.63, 3.8) is 0 Å². The molecule has 1 N–H and O–H groups in total. The van der Waals surface area contributed by atoms with Gasteiger partial charge in [-0.15, -0.1) is 0 Å². The molecule has 0 saturated carbocycles. The molecule has 132 valence electrons. The van der Waals surface area contributed by atoms with Crippen LogP contribution < -0.4 is 5.32 Å². The Hall–Kier alpha value is -1.44. The van der Waals surface area contributed by atoms with Gasteiger partial charge in [-0.1, -0.05) is 30.3 Å². The van der Waals surface area contributed by atoms with E-state index >= 15 is 0 Å². The normalized spacial score (nSPS) is 23.4. The third-order valence-corrected chi connectivity index (χ3v) is 6.65. The lowest BCUT2D eigenvalue weighted by molar-refractivity contribution is -0.135. The predicted molar refractivity (Wildman–Crippen MR) is 93.1 cm³/mol. The Morgan fingerprint density at radius 2 is 1.96 bits per heavy atom. The maximum atomic E-state index is 12.7. The molecule has 1 atom stereocenters. The molecule has 2 aliphatic rings. The highest BCUT2D eigenvalue weighted by Gasteiger charge is 2.34. The molecule has 1 aromatic carbocycles. The minimum absolute atomic E-state index is 0.0138. The Morgan fingerprint density at radius 3 is 2.71 bits per heavy atom. The highest BCUT2D eigenvalue weighted by molar-refractivity contribution is 7.89. The summed E-state index contributed by atoms with van der Waals surface area (Å²) < 4.78 is 26.9. The number of nitrogens with one attached hydrogen (secondary N) is 1. The zero-order valence-electron chi connectivity index (χ0n) is 13.9. The summed E-state index contributed by atoms with van der Waals surface area (Å²) in [5.74, 6) is 0.203. The first kappa shape index (κ1) is 17.4. The number of benzene rings is 1. The molecule has 0 bridgehead atoms. The summed E-state index contributed by atoms with van der Waals surface area (Å²) in [6, 6.07) is 9.70. The van der Waals surface area contributed by atoms with Gasteiger partial charge in [-0.25, -0.2) is 8.42 Å². The molecule has 0 spiro atoms. The molecule has 1 aromatic rings. The van der Waals surface area contributed by atoms with Crippen LogP contribution in [0.25, 0.3) is 0 Å². The lowest BCUT2D eigenvalue weighted by atomic mass is 10.1. The lowest BCUT2D eigenvalue weighted by Crippen LogP contribution is -2.57. The summed E-state index contributed by atoms with van der Waals surface area (Å²) in [7, 11) is -3.29. The number of hydrogen-bond donors (Lipinski definition) is 1. The number of nitrogens with zero attached hydrogens (tertiary/aromatic N) is 2. The maximum absolute atomic E-state index is 12.7. The second-order valence-corrected chi connectivity index (χ2v) is 8.56. The van der Waals surface area contributed by atoms with Gasteiger partial charge in [-0.3, -0.25) is 4.79 Å². The summed E-state index contributed by atoms with van der Waals surface area (Å²) in [6.45, 7) is 2.80. The second-order valence-electron chi connectivity index (χ2n) is 6.47. The minimum Gasteiger partial charge on any atom is -0.336 e. The Balaban J connectivity index is 1.61. The summed E-state index contributed by atoms with van der Waals surface area (Å²) in [4.78, 5) is 13.9. The molecular weight excluding hydrogens is 326 g/mol. The minimum atomic E-state index is -3.29. The summed E-state index contributed by atoms with van der Waals surface area (Å²) in [6.07, 6.45) is 2.22. The number of carbonyl (C=O) groups excluding carboxylic acids is 1. The smallest absolute Gasteiger partial charge is 0.236 e. The molecule has 1 unspecified atom stereocenters. The van der Waals surface area contributed by atoms with Crippen LogP contribution in [0.4, 0.5) is 0 Å². The number of aryl methyl sites for hydroxylation is 1. The van der Waals surface area contributed by atoms with Crippen molar-refractivity contribution in [2.75, 3.05) is 38.5 Å². The largest absolute Gasteiger partial charge is 0.336 e. The van der Waals surface area contributed by atoms with Crippen molar-refractivity contribution in [2.24, 2.45) is 0 Å². The van der Waals surface area contributed by atoms with E-state index < -0.39 is 10.0 Å². The van der Waals surface area contributed by atoms with Gasteiger partial charge in [0.25, 0.3) is 0 Å². The number of carbonyl (C=O) groups is 1. The van der Waals surface area contributed by atoms with E-state index in [-0.39, 0.29) is 17.7 Å². The highest BCUT2D eigenvalue weighted by atomic mass is 32.2. The first-order valence-electron chi connectivity index (χ1n) is 8.58. The first-order chi connectivity index (χ1) is 11.6. The van der Waals surface area contributed by atoms with Gasteiger partial charge >= 0.3 is 0 Å². The molecule has 3 rings (SSSR count). The van der Waals surface area contributed by atoms with Gasteiger partial charge in [0.15, 0.2) is 0 Å². The fraction of sp³-hybridized carbons (Fsp3) is 0.588. The molecular formula is C17H25N3O3S. The molecule has 1 amide bonds. The van der Waals surface area contributed by atoms with Crippen LogP contribution in [0.1, 0.15) is 18.4 Å². The van der Waals surface area contributed by atoms with Crippen molar-refractivity contribution < 1.29 is 13.2 Å². The maximum Gasteiger partial charge on any atom is 0.236 e. The topological polar surface area (TPSA) is 69.7 Å². The monoisotopic (exact) mass is 351 g/mol. The Kier molecular flexibility index (Phi) is 5.53. The van der Waals surface area contributed by atoms with Crippen LogP contribution in [-0.2, 0) is 21.2 Å². The fourth-order valence-corrected chi connectivity index (χ4v) is 5.01. The SMILES string of the molecule is O=C1CNCCN1C1CCCN(S(=O)(=O)CCc2ccccc2)C1. The van der Waals surface area contributed by atoms with Gasteiger partial charge in [0.1, 0.15) is 0 Å². The van der Waals surface area contributed by atoms with Crippen molar-refractivity contribution >= 4 is 15.9 Å². The van der Waals surface area contributed by atoms with Gasteiger partial charge in [0, 0.05) is 32.2 Å². The molecule has 0 aliphatic carbocycles. The fourth-order valence-electron chi connectivity index (χ4n) is 3.46. The number of sulfonamides is 1. The van der Waals surface area contributed by atoms with Gasteiger partial charge in [-0.2, -0.15) is 4.31 Å². The molecule has 2 saturated heterocycles. The van der Waals surface area contributed by atoms with E-state index in [9.17, 15) is 13.2 Å². The summed E-state index contributed by atoms with van der Waals surface area (Å²) >= 11 is 0. The van der Waals surface area contributed by atoms with Crippen LogP contribution in [-0.4, -0.2) is 68.0 Å². The lowest BCUT2D eigenvalue weighted by Gasteiger charge is -2.40. The Bertz CT molecular complexity index is 663. The van der Waals surface area contributed by atoms with Gasteiger partial charge in [0.05, 0.1) is 12.3 Å². The number of hydrogen-bond acceptors (Lipinski definition) is 4. The number of amides is 1. The predicted octanol–water partition coefficient (Wildman–Crippen LogP) is 0.455. The quantitative estimate of drug-likeness (QED) is 0.837. The molecule has 6 nitrogen and oxygen atoms in total. The van der Waals surface area contributed by atoms with Crippen molar-refractivity contribution in [1.82, 2.24) is 14.5 Å². The van der Waals surface area contributed by atoms with E-state index in [1.165, 1.54) is 0 Å². The van der Waals surface area contributed by atoms with Gasteiger partial charge in [-0.05, 0) is 24.8 Å². The van der Waals surface area contributed by atoms with Crippen molar-refractivity contribution in [1.29, 1.82) is 0 Å². The first-order valence-corrected chi connectivity index (χ1v) is 10.2. The average molecular weight is 351 g/mol. The summed E-state index contributed by atoms with van der Waals surface area (Å²) in [5, 5.41) is 3.06. The van der Waals surface area contributed by atoms with Crippen LogP contribution in [0, 0.1) is 0 Å². The van der Waals surface area contributed by atoms with Crippen LogP contribution in [0.3, 0.4) is 0 Å². The molecule has 24 heavy (non-hydrogen) atoms. The standard InChI is InChI=1S/C17H25N3O3S/c21-17-13-18-9-11-20(17)16-7-4-10-19(14-16)24(22,23)12-8-15-5-2-1-3-6-15/h1-3,5-6,16,18H,4,7-14H2. The molecule has 7 heteroatoms. The number of piperazine rings is 1. The van der Waals surface area contributed by atoms with E-state index in [0.717, 1.165) is 24.9 Å². The Labute approximate surface area is 143 Å². The molecule has 2 heterocycles. The van der Waals surface area contributed by atoms with E-state index in [0.29, 0.717) is 32.6 Å². The van der Waals surface area contributed by atoms with Crippen LogP contribution in [0.5, 0.6) is 0 Å². The third kappa shape index (κ3) is 4.15. The highest BCUT2D eigenvalue weighted by Crippen LogP contribution is 2.20. The van der Waals surface area contributed by atoms with Crippen LogP contribution in [0.2, 0.25) is 0 Å². The summed E-state index contributed by atoms with van der Waals surface area (Å²) in [5.41, 5.74) is 1.03. The molecule has 0 radical (unpaired) electrons. The molecule has 2 fully saturated rings. The zero-order chi connectivity index (χ0) is 17.0. The van der Waals surface area contributed by atoms with Gasteiger partial charge < -0.3 is 10.2 Å². The molecule has 2 aliphatic heterocycles. The van der Waals surface area contributed by atoms with Crippen molar-refractivity contribution in [2.45, 2.75) is 25.3 Å². The van der Waals surface area contributed by atoms with E-state index in [2.05, 4.69) is 5.32 Å². The van der Waals surface area contributed by atoms with Crippen LogP contribution >= 0.6 is 0 Å². The zero-order valence-corrected chi connectivity index (χ0v) is 14.7. The van der Waals surface area contributed by atoms with E-state index in [4.69, 9.17) is 0 Å². The second kappa shape index (κ2) is 7.63.